The van der Waals surface area contributed by atoms with E-state index in [0.717, 1.165) is 35.5 Å². The summed E-state index contributed by atoms with van der Waals surface area (Å²) in [6.45, 7) is 4.51. The van der Waals surface area contributed by atoms with Gasteiger partial charge < -0.3 is 15.2 Å². The minimum absolute atomic E-state index is 0.0657. The van der Waals surface area contributed by atoms with Gasteiger partial charge in [-0.3, -0.25) is 9.59 Å². The van der Waals surface area contributed by atoms with Crippen LogP contribution in [0.15, 0.2) is 47.6 Å². The molecule has 0 spiro atoms. The number of thioether (sulfide) groups is 1. The molecule has 0 saturated heterocycles. The zero-order valence-electron chi connectivity index (χ0n) is 17.0. The summed E-state index contributed by atoms with van der Waals surface area (Å²) < 4.78 is 28.7. The van der Waals surface area contributed by atoms with E-state index in [1.165, 1.54) is 0 Å². The molecule has 0 aliphatic carbocycles. The van der Waals surface area contributed by atoms with E-state index < -0.39 is 17.5 Å². The largest absolute Gasteiger partial charge is 0.345 e. The summed E-state index contributed by atoms with van der Waals surface area (Å²) in [6.07, 6.45) is 0. The standard InChI is InChI=1S/C21H21F2N5O2S/c1-3-28-18(11-24-20(30)14-6-4-5-13(2)9-14)26-27-21(28)31-12-19(29)25-17-10-15(22)7-8-16(17)23/h4-10H,3,11-12H2,1-2H3,(H,24,30)(H,25,29). The molecule has 7 nitrogen and oxygen atoms in total. The van der Waals surface area contributed by atoms with Gasteiger partial charge in [0.1, 0.15) is 11.6 Å². The van der Waals surface area contributed by atoms with E-state index in [1.54, 1.807) is 16.7 Å². The van der Waals surface area contributed by atoms with E-state index in [-0.39, 0.29) is 23.9 Å². The lowest BCUT2D eigenvalue weighted by molar-refractivity contribution is -0.113. The number of hydrogen-bond donors (Lipinski definition) is 2. The summed E-state index contributed by atoms with van der Waals surface area (Å²) in [4.78, 5) is 24.5. The average Bonchev–Trinajstić information content (AvgIpc) is 3.15. The minimum Gasteiger partial charge on any atom is -0.345 e. The molecule has 2 N–H and O–H groups in total. The van der Waals surface area contributed by atoms with Crippen molar-refractivity contribution in [3.63, 3.8) is 0 Å². The van der Waals surface area contributed by atoms with Crippen LogP contribution in [0.1, 0.15) is 28.7 Å². The lowest BCUT2D eigenvalue weighted by Crippen LogP contribution is -2.25. The average molecular weight is 445 g/mol. The Kier molecular flexibility index (Phi) is 7.35. The van der Waals surface area contributed by atoms with E-state index in [2.05, 4.69) is 20.8 Å². The van der Waals surface area contributed by atoms with Gasteiger partial charge in [0.25, 0.3) is 5.91 Å². The van der Waals surface area contributed by atoms with Crippen molar-refractivity contribution in [2.24, 2.45) is 0 Å². The third-order valence-corrected chi connectivity index (χ3v) is 5.30. The van der Waals surface area contributed by atoms with Gasteiger partial charge in [-0.05, 0) is 38.1 Å². The summed E-state index contributed by atoms with van der Waals surface area (Å²) in [5.74, 6) is -1.61. The first-order chi connectivity index (χ1) is 14.9. The first-order valence-electron chi connectivity index (χ1n) is 9.52. The number of nitrogens with one attached hydrogen (secondary N) is 2. The fourth-order valence-corrected chi connectivity index (χ4v) is 3.65. The Morgan fingerprint density at radius 3 is 2.68 bits per heavy atom. The second-order valence-corrected chi connectivity index (χ2v) is 7.60. The van der Waals surface area contributed by atoms with E-state index in [9.17, 15) is 18.4 Å². The van der Waals surface area contributed by atoms with Crippen LogP contribution in [0.3, 0.4) is 0 Å². The maximum atomic E-state index is 13.7. The molecule has 3 rings (SSSR count). The van der Waals surface area contributed by atoms with Crippen LogP contribution in [-0.2, 0) is 17.9 Å². The van der Waals surface area contributed by atoms with Crippen LogP contribution in [0.25, 0.3) is 0 Å². The predicted molar refractivity (Wildman–Crippen MR) is 114 cm³/mol. The zero-order valence-corrected chi connectivity index (χ0v) is 17.8. The highest BCUT2D eigenvalue weighted by Crippen LogP contribution is 2.19. The zero-order chi connectivity index (χ0) is 22.4. The van der Waals surface area contributed by atoms with Gasteiger partial charge in [0.05, 0.1) is 18.0 Å². The second-order valence-electron chi connectivity index (χ2n) is 6.66. The Bertz CT molecular complexity index is 1100. The number of carbonyl (C=O) groups excluding carboxylic acids is 2. The molecule has 3 aromatic rings. The monoisotopic (exact) mass is 445 g/mol. The van der Waals surface area contributed by atoms with Crippen molar-refractivity contribution >= 4 is 29.3 Å². The van der Waals surface area contributed by atoms with E-state index >= 15 is 0 Å². The summed E-state index contributed by atoms with van der Waals surface area (Å²) >= 11 is 1.11. The maximum absolute atomic E-state index is 13.7. The molecule has 1 heterocycles. The van der Waals surface area contributed by atoms with Gasteiger partial charge in [-0.15, -0.1) is 10.2 Å². The van der Waals surface area contributed by atoms with Crippen LogP contribution < -0.4 is 10.6 Å². The lowest BCUT2D eigenvalue weighted by Gasteiger charge is -2.09. The van der Waals surface area contributed by atoms with Crippen LogP contribution in [0, 0.1) is 18.6 Å². The molecule has 2 amide bonds. The smallest absolute Gasteiger partial charge is 0.251 e. The van der Waals surface area contributed by atoms with Gasteiger partial charge in [0.15, 0.2) is 11.0 Å². The van der Waals surface area contributed by atoms with Crippen molar-refractivity contribution in [3.8, 4) is 0 Å². The van der Waals surface area contributed by atoms with Gasteiger partial charge in [-0.2, -0.15) is 0 Å². The van der Waals surface area contributed by atoms with E-state index in [1.807, 2.05) is 26.0 Å². The Hall–Kier alpha value is -3.27. The Morgan fingerprint density at radius 2 is 1.94 bits per heavy atom. The molecule has 10 heteroatoms. The molecule has 162 valence electrons. The van der Waals surface area contributed by atoms with Crippen LogP contribution >= 0.6 is 11.8 Å². The predicted octanol–water partition coefficient (Wildman–Crippen LogP) is 3.55. The molecule has 0 unspecified atom stereocenters. The summed E-state index contributed by atoms with van der Waals surface area (Å²) in [6, 6.07) is 10.1. The number of benzene rings is 2. The maximum Gasteiger partial charge on any atom is 0.251 e. The Labute approximate surface area is 182 Å². The lowest BCUT2D eigenvalue weighted by atomic mass is 10.1. The van der Waals surface area contributed by atoms with Gasteiger partial charge in [-0.25, -0.2) is 8.78 Å². The Morgan fingerprint density at radius 1 is 1.13 bits per heavy atom. The molecule has 0 bridgehead atoms. The number of amides is 2. The van der Waals surface area contributed by atoms with E-state index in [4.69, 9.17) is 0 Å². The van der Waals surface area contributed by atoms with Crippen molar-refractivity contribution in [1.82, 2.24) is 20.1 Å². The van der Waals surface area contributed by atoms with Gasteiger partial charge in [0, 0.05) is 18.2 Å². The summed E-state index contributed by atoms with van der Waals surface area (Å²) in [7, 11) is 0. The van der Waals surface area contributed by atoms with Crippen LogP contribution in [0.2, 0.25) is 0 Å². The van der Waals surface area contributed by atoms with Crippen molar-refractivity contribution in [3.05, 3.63) is 71.1 Å². The van der Waals surface area contributed by atoms with Crippen molar-refractivity contribution in [1.29, 1.82) is 0 Å². The van der Waals surface area contributed by atoms with Crippen molar-refractivity contribution in [2.75, 3.05) is 11.1 Å². The van der Waals surface area contributed by atoms with Crippen LogP contribution in [-0.4, -0.2) is 32.3 Å². The van der Waals surface area contributed by atoms with Gasteiger partial charge in [0.2, 0.25) is 5.91 Å². The molecule has 2 aromatic carbocycles. The molecular formula is C21H21F2N5O2S. The molecule has 31 heavy (non-hydrogen) atoms. The third-order valence-electron chi connectivity index (χ3n) is 4.33. The molecule has 0 fully saturated rings. The topological polar surface area (TPSA) is 88.9 Å². The first-order valence-corrected chi connectivity index (χ1v) is 10.5. The van der Waals surface area contributed by atoms with E-state index in [0.29, 0.717) is 23.1 Å². The molecule has 0 radical (unpaired) electrons. The van der Waals surface area contributed by atoms with Crippen LogP contribution in [0.4, 0.5) is 14.5 Å². The highest BCUT2D eigenvalue weighted by atomic mass is 32.2. The number of aromatic nitrogens is 3. The Balaban J connectivity index is 1.58. The molecule has 0 aliphatic heterocycles. The number of hydrogen-bond acceptors (Lipinski definition) is 5. The normalized spacial score (nSPS) is 10.7. The molecular weight excluding hydrogens is 424 g/mol. The third kappa shape index (κ3) is 5.88. The second kappa shape index (κ2) is 10.2. The van der Waals surface area contributed by atoms with Crippen molar-refractivity contribution in [2.45, 2.75) is 32.1 Å². The summed E-state index contributed by atoms with van der Waals surface area (Å²) in [5, 5.41) is 13.8. The van der Waals surface area contributed by atoms with Gasteiger partial charge >= 0.3 is 0 Å². The highest BCUT2D eigenvalue weighted by Gasteiger charge is 2.15. The molecule has 0 saturated carbocycles. The van der Waals surface area contributed by atoms with Crippen LogP contribution in [0.5, 0.6) is 0 Å². The molecule has 1 aromatic heterocycles. The molecule has 0 atom stereocenters. The first kappa shape index (κ1) is 22.4. The SMILES string of the molecule is CCn1c(CNC(=O)c2cccc(C)c2)nnc1SCC(=O)Nc1cc(F)ccc1F. The number of halogens is 2. The number of rotatable bonds is 8. The quantitative estimate of drug-likeness (QED) is 0.518. The number of carbonyl (C=O) groups is 2. The van der Waals surface area contributed by atoms with Crippen molar-refractivity contribution < 1.29 is 18.4 Å². The highest BCUT2D eigenvalue weighted by molar-refractivity contribution is 7.99. The minimum atomic E-state index is -0.719. The summed E-state index contributed by atoms with van der Waals surface area (Å²) in [5.41, 5.74) is 1.32. The molecule has 0 aliphatic rings. The number of anilines is 1. The fourth-order valence-electron chi connectivity index (χ4n) is 2.83. The number of nitrogens with zero attached hydrogens (tertiary/aromatic N) is 3. The van der Waals surface area contributed by atoms with Gasteiger partial charge in [-0.1, -0.05) is 29.5 Å². The number of aryl methyl sites for hydroxylation is 1. The fraction of sp³-hybridized carbons (Fsp3) is 0.238.